The fourth-order valence-corrected chi connectivity index (χ4v) is 6.51. The third kappa shape index (κ3) is 3.19. The molecule has 0 saturated heterocycles. The molecule has 4 nitrogen and oxygen atoms in total. The minimum absolute atomic E-state index is 0.945. The highest BCUT2D eigenvalue weighted by molar-refractivity contribution is 6.26. The molecule has 0 atom stereocenters. The van der Waals surface area contributed by atoms with Gasteiger partial charge in [0, 0.05) is 50.9 Å². The Morgan fingerprint density at radius 2 is 1.22 bits per heavy atom. The van der Waals surface area contributed by atoms with E-state index in [9.17, 15) is 0 Å². The van der Waals surface area contributed by atoms with Crippen LogP contribution < -0.4 is 0 Å². The number of pyridine rings is 1. The van der Waals surface area contributed by atoms with Gasteiger partial charge in [-0.25, -0.2) is 4.98 Å². The van der Waals surface area contributed by atoms with Crippen molar-refractivity contribution >= 4 is 49.3 Å². The molecule has 0 N–H and O–H groups in total. The molecular formula is C37H24N4. The van der Waals surface area contributed by atoms with Crippen molar-refractivity contribution in [1.29, 1.82) is 0 Å². The molecule has 9 rings (SSSR count). The summed E-state index contributed by atoms with van der Waals surface area (Å²) in [6.07, 6.45) is 4.15. The number of para-hydroxylation sites is 3. The van der Waals surface area contributed by atoms with Crippen LogP contribution >= 0.6 is 0 Å². The second kappa shape index (κ2) is 8.44. The first kappa shape index (κ1) is 22.2. The van der Waals surface area contributed by atoms with Crippen molar-refractivity contribution in [1.82, 2.24) is 18.5 Å². The maximum atomic E-state index is 4.91. The summed E-state index contributed by atoms with van der Waals surface area (Å²) in [5, 5.41) is 5.01. The van der Waals surface area contributed by atoms with Crippen molar-refractivity contribution in [2.75, 3.05) is 0 Å². The minimum Gasteiger partial charge on any atom is -0.309 e. The quantitative estimate of drug-likeness (QED) is 0.226. The molecule has 0 unspecified atom stereocenters. The van der Waals surface area contributed by atoms with E-state index in [1.54, 1.807) is 0 Å². The molecule has 0 fully saturated rings. The second-order valence-electron chi connectivity index (χ2n) is 10.5. The van der Waals surface area contributed by atoms with Gasteiger partial charge < -0.3 is 13.5 Å². The smallest absolute Gasteiger partial charge is 0.137 e. The first-order chi connectivity index (χ1) is 20.3. The molecule has 4 aromatic heterocycles. The van der Waals surface area contributed by atoms with Crippen LogP contribution in [0.4, 0.5) is 0 Å². The summed E-state index contributed by atoms with van der Waals surface area (Å²) >= 11 is 0. The van der Waals surface area contributed by atoms with E-state index in [2.05, 4.69) is 135 Å². The van der Waals surface area contributed by atoms with Crippen LogP contribution in [0.15, 0.2) is 146 Å². The molecule has 0 spiro atoms. The molecule has 4 heteroatoms. The average Bonchev–Trinajstić information content (AvgIpc) is 3.71. The Kier molecular flexibility index (Phi) is 4.58. The van der Waals surface area contributed by atoms with E-state index in [-0.39, 0.29) is 0 Å². The zero-order chi connectivity index (χ0) is 26.9. The van der Waals surface area contributed by atoms with Crippen LogP contribution in [0.1, 0.15) is 0 Å². The highest BCUT2D eigenvalue weighted by atomic mass is 15.0. The highest BCUT2D eigenvalue weighted by Crippen LogP contribution is 2.42. The Hall–Kier alpha value is -5.61. The molecule has 0 saturated carbocycles. The molecule has 0 bridgehead atoms. The number of hydrogen-bond donors (Lipinski definition) is 0. The number of rotatable bonds is 3. The zero-order valence-corrected chi connectivity index (χ0v) is 22.1. The van der Waals surface area contributed by atoms with Crippen LogP contribution in [0.2, 0.25) is 0 Å². The fraction of sp³-hybridized carbons (Fsp3) is 0. The van der Waals surface area contributed by atoms with Crippen molar-refractivity contribution in [2.24, 2.45) is 0 Å². The predicted molar refractivity (Wildman–Crippen MR) is 169 cm³/mol. The molecule has 4 heterocycles. The molecule has 0 aliphatic rings. The van der Waals surface area contributed by atoms with Crippen LogP contribution in [0, 0.1) is 0 Å². The van der Waals surface area contributed by atoms with Gasteiger partial charge in [0.25, 0.3) is 0 Å². The van der Waals surface area contributed by atoms with E-state index in [4.69, 9.17) is 4.98 Å². The van der Waals surface area contributed by atoms with Crippen molar-refractivity contribution in [3.63, 3.8) is 0 Å². The monoisotopic (exact) mass is 524 g/mol. The van der Waals surface area contributed by atoms with E-state index in [1.165, 1.54) is 43.6 Å². The van der Waals surface area contributed by atoms with E-state index in [1.807, 2.05) is 24.4 Å². The number of hydrogen-bond acceptors (Lipinski definition) is 1. The lowest BCUT2D eigenvalue weighted by Crippen LogP contribution is -1.95. The minimum atomic E-state index is 0.945. The topological polar surface area (TPSA) is 27.2 Å². The normalized spacial score (nSPS) is 11.9. The van der Waals surface area contributed by atoms with Gasteiger partial charge in [-0.15, -0.1) is 0 Å². The number of imidazole rings is 1. The maximum absolute atomic E-state index is 4.91. The van der Waals surface area contributed by atoms with Gasteiger partial charge in [0.2, 0.25) is 0 Å². The van der Waals surface area contributed by atoms with Crippen molar-refractivity contribution in [3.05, 3.63) is 146 Å². The third-order valence-electron chi connectivity index (χ3n) is 8.25. The number of fused-ring (bicyclic) bond motifs is 8. The van der Waals surface area contributed by atoms with E-state index in [0.717, 1.165) is 28.3 Å². The molecule has 0 radical (unpaired) electrons. The van der Waals surface area contributed by atoms with E-state index in [0.29, 0.717) is 0 Å². The zero-order valence-electron chi connectivity index (χ0n) is 22.1. The van der Waals surface area contributed by atoms with Gasteiger partial charge in [0.1, 0.15) is 5.65 Å². The lowest BCUT2D eigenvalue weighted by atomic mass is 10.1. The van der Waals surface area contributed by atoms with Gasteiger partial charge in [0.05, 0.1) is 27.8 Å². The molecule has 5 aromatic carbocycles. The summed E-state index contributed by atoms with van der Waals surface area (Å²) in [6.45, 7) is 0. The number of nitrogens with zero attached hydrogens (tertiary/aromatic N) is 4. The number of aromatic nitrogens is 4. The summed E-state index contributed by atoms with van der Waals surface area (Å²) in [4.78, 5) is 4.91. The summed E-state index contributed by atoms with van der Waals surface area (Å²) in [5.41, 5.74) is 10.1. The SMILES string of the molecule is c1ccc(-n2c3ccccc3c3c2ccc2c4ccccc4n(-c4cccc(-c5cn6ccccc6n5)c4)c23)cc1. The Morgan fingerprint density at radius 3 is 2.07 bits per heavy atom. The van der Waals surface area contributed by atoms with Crippen molar-refractivity contribution < 1.29 is 0 Å². The van der Waals surface area contributed by atoms with Crippen molar-refractivity contribution in [3.8, 4) is 22.6 Å². The second-order valence-corrected chi connectivity index (χ2v) is 10.5. The van der Waals surface area contributed by atoms with Crippen LogP contribution in [0.5, 0.6) is 0 Å². The van der Waals surface area contributed by atoms with E-state index < -0.39 is 0 Å². The molecule has 0 amide bonds. The Bertz CT molecular complexity index is 2390. The highest BCUT2D eigenvalue weighted by Gasteiger charge is 2.20. The Balaban J connectivity index is 1.41. The standard InChI is InChI=1S/C37H24N4/c1-2-12-26(13-3-1)40-33-18-7-5-16-30(33)36-34(40)21-20-29-28-15-4-6-17-32(28)41(37(29)36)27-14-10-11-25(23-27)31-24-39-22-9-8-19-35(39)38-31/h1-24H. The fourth-order valence-electron chi connectivity index (χ4n) is 6.51. The molecular weight excluding hydrogens is 500 g/mol. The van der Waals surface area contributed by atoms with Crippen LogP contribution in [-0.4, -0.2) is 18.5 Å². The number of benzene rings is 5. The van der Waals surface area contributed by atoms with Gasteiger partial charge in [-0.1, -0.05) is 78.9 Å². The van der Waals surface area contributed by atoms with Gasteiger partial charge in [-0.2, -0.15) is 0 Å². The van der Waals surface area contributed by atoms with Gasteiger partial charge in [-0.3, -0.25) is 0 Å². The van der Waals surface area contributed by atoms with Gasteiger partial charge in [0.15, 0.2) is 0 Å². The summed E-state index contributed by atoms with van der Waals surface area (Å²) in [7, 11) is 0. The van der Waals surface area contributed by atoms with Crippen LogP contribution in [0.3, 0.4) is 0 Å². The Labute approximate surface area is 236 Å². The first-order valence-electron chi connectivity index (χ1n) is 13.9. The molecule has 0 aliphatic heterocycles. The Morgan fingerprint density at radius 1 is 0.488 bits per heavy atom. The van der Waals surface area contributed by atoms with Gasteiger partial charge in [-0.05, 0) is 54.6 Å². The van der Waals surface area contributed by atoms with Crippen LogP contribution in [-0.2, 0) is 0 Å². The van der Waals surface area contributed by atoms with E-state index >= 15 is 0 Å². The van der Waals surface area contributed by atoms with Crippen molar-refractivity contribution in [2.45, 2.75) is 0 Å². The molecule has 9 aromatic rings. The maximum Gasteiger partial charge on any atom is 0.137 e. The lowest BCUT2D eigenvalue weighted by molar-refractivity contribution is 1.17. The lowest BCUT2D eigenvalue weighted by Gasteiger charge is -2.11. The molecule has 0 aliphatic carbocycles. The first-order valence-corrected chi connectivity index (χ1v) is 13.9. The van der Waals surface area contributed by atoms with Gasteiger partial charge >= 0.3 is 0 Å². The summed E-state index contributed by atoms with van der Waals surface area (Å²) in [5.74, 6) is 0. The molecule has 192 valence electrons. The van der Waals surface area contributed by atoms with Crippen LogP contribution in [0.25, 0.3) is 71.9 Å². The molecule has 41 heavy (non-hydrogen) atoms. The predicted octanol–water partition coefficient (Wildman–Crippen LogP) is 9.20. The largest absolute Gasteiger partial charge is 0.309 e. The third-order valence-corrected chi connectivity index (χ3v) is 8.25. The summed E-state index contributed by atoms with van der Waals surface area (Å²) in [6, 6.07) is 47.6. The average molecular weight is 525 g/mol. The summed E-state index contributed by atoms with van der Waals surface area (Å²) < 4.78 is 6.90.